The Morgan fingerprint density at radius 1 is 0.364 bits per heavy atom. The zero-order valence-electron chi connectivity index (χ0n) is 27.4. The molecule has 0 aliphatic carbocycles. The first-order chi connectivity index (χ1) is 21.6. The Hall–Kier alpha value is -3.02. The fraction of sp³-hybridized carbons (Fsp3) is 0.429. The molecule has 0 unspecified atom stereocenters. The number of benzene rings is 4. The van der Waals surface area contributed by atoms with Gasteiger partial charge in [-0.25, -0.2) is 0 Å². The molecule has 0 bridgehead atoms. The first-order valence-electron chi connectivity index (χ1n) is 17.4. The molecule has 0 amide bonds. The van der Waals surface area contributed by atoms with Gasteiger partial charge in [0.05, 0.1) is 0 Å². The lowest BCUT2D eigenvalue weighted by molar-refractivity contribution is 0.582. The molecular weight excluding hydrogens is 551 g/mol. The number of hydrogen-bond acceptors (Lipinski definition) is 1. The number of rotatable bonds is 20. The van der Waals surface area contributed by atoms with Gasteiger partial charge in [0.25, 0.3) is 0 Å². The van der Waals surface area contributed by atoms with Crippen LogP contribution in [0.3, 0.4) is 0 Å². The van der Waals surface area contributed by atoms with Crippen LogP contribution in [0.2, 0.25) is 0 Å². The summed E-state index contributed by atoms with van der Waals surface area (Å²) >= 11 is 0. The molecular formula is C42H54OP+. The largest absolute Gasteiger partial charge is 0.338 e. The molecule has 4 aromatic carbocycles. The molecule has 0 saturated heterocycles. The Bertz CT molecular complexity index is 1240. The summed E-state index contributed by atoms with van der Waals surface area (Å²) in [4.78, 5) is 0. The molecule has 0 radical (unpaired) electrons. The number of aryl methyl sites for hydroxylation is 4. The lowest BCUT2D eigenvalue weighted by atomic mass is 9.99. The van der Waals surface area contributed by atoms with Crippen LogP contribution in [0.4, 0.5) is 0 Å². The molecule has 232 valence electrons. The highest BCUT2D eigenvalue weighted by molar-refractivity contribution is 7.44. The van der Waals surface area contributed by atoms with Crippen molar-refractivity contribution < 1.29 is 4.57 Å². The molecule has 2 heteroatoms. The summed E-state index contributed by atoms with van der Waals surface area (Å²) in [5.74, 6) is 0. The van der Waals surface area contributed by atoms with E-state index in [9.17, 15) is 4.57 Å². The fourth-order valence-electron chi connectivity index (χ4n) is 5.96. The van der Waals surface area contributed by atoms with Crippen molar-refractivity contribution in [2.75, 3.05) is 12.3 Å². The topological polar surface area (TPSA) is 17.1 Å². The van der Waals surface area contributed by atoms with Crippen LogP contribution in [0, 0.1) is 0 Å². The number of unbranched alkanes of at least 4 members (excludes halogenated alkanes) is 6. The van der Waals surface area contributed by atoms with Gasteiger partial charge in [-0.3, -0.25) is 0 Å². The summed E-state index contributed by atoms with van der Waals surface area (Å²) in [6, 6.07) is 36.3. The second-order valence-electron chi connectivity index (χ2n) is 12.5. The zero-order valence-corrected chi connectivity index (χ0v) is 28.3. The highest BCUT2D eigenvalue weighted by Crippen LogP contribution is 2.27. The van der Waals surface area contributed by atoms with E-state index in [1.54, 1.807) is 0 Å². The second kappa shape index (κ2) is 19.4. The van der Waals surface area contributed by atoms with Crippen LogP contribution in [-0.4, -0.2) is 12.3 Å². The SMILES string of the molecule is CCCCCc1ccc(-c2ccc(CCCC[P+](=O)CCCCc3ccc(-c4ccc(CCCCC)cc4)cc3)cc2)cc1. The molecule has 0 fully saturated rings. The van der Waals surface area contributed by atoms with E-state index >= 15 is 0 Å². The van der Waals surface area contributed by atoms with Crippen LogP contribution >= 0.6 is 7.80 Å². The Morgan fingerprint density at radius 2 is 0.614 bits per heavy atom. The lowest BCUT2D eigenvalue weighted by Crippen LogP contribution is -1.91. The lowest BCUT2D eigenvalue weighted by Gasteiger charge is -2.06. The Labute approximate surface area is 269 Å². The first kappa shape index (κ1) is 33.9. The Kier molecular flexibility index (Phi) is 14.9. The minimum atomic E-state index is -1.08. The molecule has 4 rings (SSSR count). The van der Waals surface area contributed by atoms with E-state index in [0.717, 1.165) is 50.8 Å². The highest BCUT2D eigenvalue weighted by Gasteiger charge is 2.14. The van der Waals surface area contributed by atoms with Crippen molar-refractivity contribution in [2.24, 2.45) is 0 Å². The smallest absolute Gasteiger partial charge is 0.0748 e. The third kappa shape index (κ3) is 11.8. The monoisotopic (exact) mass is 605 g/mol. The van der Waals surface area contributed by atoms with Gasteiger partial charge < -0.3 is 0 Å². The van der Waals surface area contributed by atoms with E-state index in [2.05, 4.69) is 111 Å². The van der Waals surface area contributed by atoms with Gasteiger partial charge in [0.15, 0.2) is 0 Å². The van der Waals surface area contributed by atoms with Crippen LogP contribution in [0.25, 0.3) is 22.3 Å². The van der Waals surface area contributed by atoms with E-state index in [1.807, 2.05) is 0 Å². The third-order valence-corrected chi connectivity index (χ3v) is 10.5. The van der Waals surface area contributed by atoms with Gasteiger partial charge in [-0.1, -0.05) is 141 Å². The van der Waals surface area contributed by atoms with Gasteiger partial charge in [-0.2, -0.15) is 0 Å². The highest BCUT2D eigenvalue weighted by atomic mass is 31.1. The van der Waals surface area contributed by atoms with Gasteiger partial charge in [-0.15, -0.1) is 0 Å². The van der Waals surface area contributed by atoms with Crippen molar-refractivity contribution in [3.63, 3.8) is 0 Å². The van der Waals surface area contributed by atoms with Crippen LogP contribution in [-0.2, 0) is 30.2 Å². The quantitative estimate of drug-likeness (QED) is 0.0723. The molecule has 0 aromatic heterocycles. The van der Waals surface area contributed by atoms with Crippen molar-refractivity contribution in [1.29, 1.82) is 0 Å². The zero-order chi connectivity index (χ0) is 30.8. The van der Waals surface area contributed by atoms with Gasteiger partial charge in [0, 0.05) is 0 Å². The summed E-state index contributed by atoms with van der Waals surface area (Å²) in [6.07, 6.45) is 18.3. The van der Waals surface area contributed by atoms with Crippen LogP contribution in [0.5, 0.6) is 0 Å². The molecule has 44 heavy (non-hydrogen) atoms. The van der Waals surface area contributed by atoms with Crippen molar-refractivity contribution >= 4 is 7.80 Å². The minimum absolute atomic E-state index is 0.865. The second-order valence-corrected chi connectivity index (χ2v) is 14.4. The van der Waals surface area contributed by atoms with E-state index < -0.39 is 7.80 Å². The van der Waals surface area contributed by atoms with Crippen LogP contribution < -0.4 is 0 Å². The summed E-state index contributed by atoms with van der Waals surface area (Å²) < 4.78 is 12.6. The molecule has 0 aliphatic heterocycles. The first-order valence-corrected chi connectivity index (χ1v) is 19.1. The summed E-state index contributed by atoms with van der Waals surface area (Å²) in [5, 5.41) is 0. The predicted octanol–water partition coefficient (Wildman–Crippen LogP) is 12.7. The minimum Gasteiger partial charge on any atom is -0.0748 e. The van der Waals surface area contributed by atoms with Gasteiger partial charge in [-0.05, 0) is 109 Å². The van der Waals surface area contributed by atoms with Crippen molar-refractivity contribution in [3.8, 4) is 22.3 Å². The molecule has 0 heterocycles. The van der Waals surface area contributed by atoms with Crippen molar-refractivity contribution in [3.05, 3.63) is 119 Å². The molecule has 0 saturated carbocycles. The normalized spacial score (nSPS) is 11.1. The average Bonchev–Trinajstić information content (AvgIpc) is 3.07. The van der Waals surface area contributed by atoms with Gasteiger partial charge >= 0.3 is 7.80 Å². The molecule has 4 aromatic rings. The van der Waals surface area contributed by atoms with Crippen LogP contribution in [0.15, 0.2) is 97.1 Å². The maximum absolute atomic E-state index is 12.6. The average molecular weight is 606 g/mol. The molecule has 0 spiro atoms. The standard InChI is InChI=1S/C42H54OP/c1-3-5-7-13-35-17-25-39(26-18-35)41-29-21-37(22-30-41)15-9-11-33-44(43)34-12-10-16-38-23-31-42(32-24-38)40-27-19-36(20-28-40)14-8-6-4-2/h17-32H,3-16,33-34H2,1-2H3/q+1. The maximum Gasteiger partial charge on any atom is 0.338 e. The summed E-state index contributed by atoms with van der Waals surface area (Å²) in [7, 11) is -1.08. The van der Waals surface area contributed by atoms with E-state index in [-0.39, 0.29) is 0 Å². The van der Waals surface area contributed by atoms with Gasteiger partial charge in [0.2, 0.25) is 0 Å². The predicted molar refractivity (Wildman–Crippen MR) is 193 cm³/mol. The van der Waals surface area contributed by atoms with Crippen molar-refractivity contribution in [2.45, 2.75) is 104 Å². The van der Waals surface area contributed by atoms with Crippen LogP contribution in [0.1, 0.15) is 100 Å². The molecule has 1 nitrogen and oxygen atoms in total. The summed E-state index contributed by atoms with van der Waals surface area (Å²) in [5.41, 5.74) is 10.8. The Morgan fingerprint density at radius 3 is 0.864 bits per heavy atom. The van der Waals surface area contributed by atoms with Crippen molar-refractivity contribution in [1.82, 2.24) is 0 Å². The maximum atomic E-state index is 12.6. The fourth-order valence-corrected chi connectivity index (χ4v) is 7.34. The van der Waals surface area contributed by atoms with E-state index in [0.29, 0.717) is 0 Å². The molecule has 0 aliphatic rings. The van der Waals surface area contributed by atoms with E-state index in [4.69, 9.17) is 0 Å². The van der Waals surface area contributed by atoms with E-state index in [1.165, 1.54) is 95.9 Å². The summed E-state index contributed by atoms with van der Waals surface area (Å²) in [6.45, 7) is 4.51. The molecule has 0 atom stereocenters. The van der Waals surface area contributed by atoms with Gasteiger partial charge in [0.1, 0.15) is 12.3 Å². The molecule has 0 N–H and O–H groups in total. The number of hydrogen-bond donors (Lipinski definition) is 0. The Balaban J connectivity index is 1.07. The third-order valence-electron chi connectivity index (χ3n) is 8.87.